The standard InChI is InChI=1S/C5H6N2OS/c1-6-5(8)4-2-3-7-9-4/h2-3H,1H3,(H,6,8). The zero-order valence-corrected chi connectivity index (χ0v) is 5.73. The maximum absolute atomic E-state index is 10.7. The summed E-state index contributed by atoms with van der Waals surface area (Å²) in [6.07, 6.45) is 1.61. The van der Waals surface area contributed by atoms with Gasteiger partial charge in [0.05, 0.1) is 0 Å². The number of aromatic nitrogens is 1. The van der Waals surface area contributed by atoms with Crippen molar-refractivity contribution in [3.63, 3.8) is 0 Å². The minimum atomic E-state index is -0.0718. The van der Waals surface area contributed by atoms with Crippen molar-refractivity contribution in [2.24, 2.45) is 0 Å². The first-order valence-corrected chi connectivity index (χ1v) is 3.24. The van der Waals surface area contributed by atoms with Crippen LogP contribution in [0.5, 0.6) is 0 Å². The van der Waals surface area contributed by atoms with Crippen LogP contribution in [0, 0.1) is 0 Å². The quantitative estimate of drug-likeness (QED) is 0.620. The van der Waals surface area contributed by atoms with Crippen LogP contribution < -0.4 is 5.32 Å². The molecule has 0 radical (unpaired) electrons. The van der Waals surface area contributed by atoms with E-state index < -0.39 is 0 Å². The topological polar surface area (TPSA) is 42.0 Å². The predicted molar refractivity (Wildman–Crippen MR) is 35.5 cm³/mol. The van der Waals surface area contributed by atoms with Crippen molar-refractivity contribution in [2.75, 3.05) is 7.05 Å². The highest BCUT2D eigenvalue weighted by Gasteiger charge is 2.01. The summed E-state index contributed by atoms with van der Waals surface area (Å²) < 4.78 is 3.77. The van der Waals surface area contributed by atoms with Gasteiger partial charge in [0.1, 0.15) is 4.88 Å². The molecule has 9 heavy (non-hydrogen) atoms. The SMILES string of the molecule is CNC(=O)c1ccns1. The second-order valence-corrected chi connectivity index (χ2v) is 2.29. The largest absolute Gasteiger partial charge is 0.354 e. The molecule has 0 aliphatic heterocycles. The minimum Gasteiger partial charge on any atom is -0.354 e. The fourth-order valence-electron chi connectivity index (χ4n) is 0.456. The highest BCUT2D eigenvalue weighted by molar-refractivity contribution is 7.08. The van der Waals surface area contributed by atoms with E-state index in [9.17, 15) is 4.79 Å². The number of rotatable bonds is 1. The van der Waals surface area contributed by atoms with Gasteiger partial charge in [-0.05, 0) is 17.6 Å². The second kappa shape index (κ2) is 2.59. The maximum atomic E-state index is 10.7. The van der Waals surface area contributed by atoms with Crippen molar-refractivity contribution in [3.05, 3.63) is 17.1 Å². The number of carbonyl (C=O) groups is 1. The summed E-state index contributed by atoms with van der Waals surface area (Å²) in [6, 6.07) is 1.68. The monoisotopic (exact) mass is 142 g/mol. The summed E-state index contributed by atoms with van der Waals surface area (Å²) in [5, 5.41) is 2.50. The lowest BCUT2D eigenvalue weighted by Gasteiger charge is -1.89. The first-order chi connectivity index (χ1) is 4.34. The van der Waals surface area contributed by atoms with Gasteiger partial charge in [0.15, 0.2) is 0 Å². The molecular weight excluding hydrogens is 136 g/mol. The van der Waals surface area contributed by atoms with E-state index in [-0.39, 0.29) is 5.91 Å². The molecule has 0 saturated heterocycles. The molecule has 1 N–H and O–H groups in total. The fraction of sp³-hybridized carbons (Fsp3) is 0.200. The Morgan fingerprint density at radius 2 is 2.67 bits per heavy atom. The van der Waals surface area contributed by atoms with Crippen LogP contribution in [-0.2, 0) is 0 Å². The molecule has 0 saturated carbocycles. The van der Waals surface area contributed by atoms with Crippen LogP contribution >= 0.6 is 11.5 Å². The summed E-state index contributed by atoms with van der Waals surface area (Å²) in [7, 11) is 1.60. The molecule has 1 rings (SSSR count). The van der Waals surface area contributed by atoms with Gasteiger partial charge in [0.2, 0.25) is 0 Å². The number of hydrogen-bond donors (Lipinski definition) is 1. The van der Waals surface area contributed by atoms with E-state index >= 15 is 0 Å². The smallest absolute Gasteiger partial charge is 0.262 e. The van der Waals surface area contributed by atoms with Gasteiger partial charge in [-0.3, -0.25) is 4.79 Å². The Kier molecular flexibility index (Phi) is 1.79. The summed E-state index contributed by atoms with van der Waals surface area (Å²) >= 11 is 1.19. The van der Waals surface area contributed by atoms with Crippen LogP contribution in [-0.4, -0.2) is 17.3 Å². The van der Waals surface area contributed by atoms with Crippen molar-refractivity contribution >= 4 is 17.4 Å². The highest BCUT2D eigenvalue weighted by Crippen LogP contribution is 2.02. The van der Waals surface area contributed by atoms with Crippen molar-refractivity contribution in [3.8, 4) is 0 Å². The van der Waals surface area contributed by atoms with Crippen molar-refractivity contribution < 1.29 is 4.79 Å². The van der Waals surface area contributed by atoms with E-state index in [0.717, 1.165) is 0 Å². The first kappa shape index (κ1) is 6.22. The number of hydrogen-bond acceptors (Lipinski definition) is 3. The lowest BCUT2D eigenvalue weighted by Crippen LogP contribution is -2.15. The highest BCUT2D eigenvalue weighted by atomic mass is 32.1. The third kappa shape index (κ3) is 1.26. The van der Waals surface area contributed by atoms with Crippen LogP contribution in [0.4, 0.5) is 0 Å². The van der Waals surface area contributed by atoms with Crippen LogP contribution in [0.15, 0.2) is 12.3 Å². The maximum Gasteiger partial charge on any atom is 0.262 e. The van der Waals surface area contributed by atoms with Crippen LogP contribution in [0.1, 0.15) is 9.67 Å². The average Bonchev–Trinajstić information content (AvgIpc) is 2.37. The number of nitrogens with zero attached hydrogens (tertiary/aromatic N) is 1. The Morgan fingerprint density at radius 1 is 1.89 bits per heavy atom. The van der Waals surface area contributed by atoms with Gasteiger partial charge in [-0.25, -0.2) is 4.37 Å². The van der Waals surface area contributed by atoms with Gasteiger partial charge in [0.25, 0.3) is 5.91 Å². The molecule has 1 aromatic rings. The predicted octanol–water partition coefficient (Wildman–Crippen LogP) is 0.503. The van der Waals surface area contributed by atoms with Crippen molar-refractivity contribution in [1.82, 2.24) is 9.69 Å². The molecule has 0 spiro atoms. The Balaban J connectivity index is 2.77. The average molecular weight is 142 g/mol. The zero-order valence-electron chi connectivity index (χ0n) is 4.92. The molecule has 4 heteroatoms. The van der Waals surface area contributed by atoms with Gasteiger partial charge in [-0.2, -0.15) is 0 Å². The van der Waals surface area contributed by atoms with Crippen LogP contribution in [0.25, 0.3) is 0 Å². The molecule has 0 aliphatic carbocycles. The number of carbonyl (C=O) groups excluding carboxylic acids is 1. The van der Waals surface area contributed by atoms with E-state index in [1.165, 1.54) is 11.5 Å². The number of amides is 1. The van der Waals surface area contributed by atoms with Gasteiger partial charge in [-0.1, -0.05) is 0 Å². The fourth-order valence-corrected chi connectivity index (χ4v) is 0.998. The molecule has 0 aromatic carbocycles. The first-order valence-electron chi connectivity index (χ1n) is 2.47. The Labute approximate surface area is 56.9 Å². The van der Waals surface area contributed by atoms with E-state index in [4.69, 9.17) is 0 Å². The molecule has 0 unspecified atom stereocenters. The van der Waals surface area contributed by atoms with Gasteiger partial charge >= 0.3 is 0 Å². The van der Waals surface area contributed by atoms with E-state index in [1.54, 1.807) is 19.3 Å². The van der Waals surface area contributed by atoms with Crippen molar-refractivity contribution in [1.29, 1.82) is 0 Å². The van der Waals surface area contributed by atoms with Crippen LogP contribution in [0.2, 0.25) is 0 Å². The Hall–Kier alpha value is -0.900. The summed E-state index contributed by atoms with van der Waals surface area (Å²) in [6.45, 7) is 0. The Morgan fingerprint density at radius 3 is 3.11 bits per heavy atom. The minimum absolute atomic E-state index is 0.0718. The molecular formula is C5H6N2OS. The van der Waals surface area contributed by atoms with Gasteiger partial charge in [0, 0.05) is 13.2 Å². The van der Waals surface area contributed by atoms with Gasteiger partial charge in [-0.15, -0.1) is 0 Å². The number of nitrogens with one attached hydrogen (secondary N) is 1. The third-order valence-electron chi connectivity index (χ3n) is 0.889. The van der Waals surface area contributed by atoms with Crippen LogP contribution in [0.3, 0.4) is 0 Å². The molecule has 1 heterocycles. The lowest BCUT2D eigenvalue weighted by atomic mass is 10.5. The molecule has 0 bridgehead atoms. The molecule has 48 valence electrons. The summed E-state index contributed by atoms with van der Waals surface area (Å²) in [5.74, 6) is -0.0718. The molecule has 1 aromatic heterocycles. The van der Waals surface area contributed by atoms with Crippen molar-refractivity contribution in [2.45, 2.75) is 0 Å². The Bertz CT molecular complexity index is 195. The second-order valence-electron chi connectivity index (χ2n) is 1.46. The molecule has 3 nitrogen and oxygen atoms in total. The summed E-state index contributed by atoms with van der Waals surface area (Å²) in [5.41, 5.74) is 0. The van der Waals surface area contributed by atoms with Gasteiger partial charge < -0.3 is 5.32 Å². The normalized spacial score (nSPS) is 9.00. The molecule has 0 atom stereocenters. The zero-order chi connectivity index (χ0) is 6.69. The molecule has 0 fully saturated rings. The third-order valence-corrected chi connectivity index (χ3v) is 1.63. The van der Waals surface area contributed by atoms with E-state index in [0.29, 0.717) is 4.88 Å². The summed E-state index contributed by atoms with van der Waals surface area (Å²) in [4.78, 5) is 11.4. The molecule has 0 aliphatic rings. The lowest BCUT2D eigenvalue weighted by molar-refractivity contribution is 0.0967. The molecule has 1 amide bonds. The van der Waals surface area contributed by atoms with E-state index in [2.05, 4.69) is 9.69 Å². The van der Waals surface area contributed by atoms with E-state index in [1.807, 2.05) is 0 Å².